The molecule has 0 spiro atoms. The number of rotatable bonds is 3. The maximum atomic E-state index is 12.0. The van der Waals surface area contributed by atoms with Crippen LogP contribution in [0.15, 0.2) is 41.4 Å². The fourth-order valence-electron chi connectivity index (χ4n) is 1.91. The summed E-state index contributed by atoms with van der Waals surface area (Å²) in [6.45, 7) is 5.90. The van der Waals surface area contributed by atoms with E-state index < -0.39 is 6.03 Å². The molecule has 0 saturated heterocycles. The number of halogens is 2. The maximum absolute atomic E-state index is 12.0. The van der Waals surface area contributed by atoms with E-state index in [1.165, 1.54) is 0 Å². The van der Waals surface area contributed by atoms with Crippen LogP contribution in [0.5, 0.6) is 5.75 Å². The van der Waals surface area contributed by atoms with Gasteiger partial charge in [-0.15, -0.1) is 0 Å². The van der Waals surface area contributed by atoms with Gasteiger partial charge in [-0.1, -0.05) is 55.2 Å². The number of carbonyl (C=O) groups excluding carboxylic acids is 1. The van der Waals surface area contributed by atoms with Crippen molar-refractivity contribution in [1.82, 2.24) is 0 Å². The molecule has 0 atom stereocenters. The first-order chi connectivity index (χ1) is 11.9. The second-order valence-corrected chi connectivity index (χ2v) is 5.52. The van der Waals surface area contributed by atoms with Gasteiger partial charge in [-0.2, -0.15) is 4.99 Å². The normalized spacial score (nSPS) is 10.6. The van der Waals surface area contributed by atoms with Crippen LogP contribution < -0.4 is 15.8 Å². The first-order valence-corrected chi connectivity index (χ1v) is 8.42. The number of nitrogens with two attached hydrogens (primary N) is 1. The number of ether oxygens (including phenoxy) is 1. The first-order valence-electron chi connectivity index (χ1n) is 7.66. The van der Waals surface area contributed by atoms with E-state index in [4.69, 9.17) is 33.7 Å². The lowest BCUT2D eigenvalue weighted by atomic mass is 10.1. The standard InChI is InChI=1S/C16H15Cl2N3O2.C2H6/c1-9-6-7-10(8-13(9)23-2)15(19)21-16(22)20-14-11(17)4-3-5-12(14)18;1-2/h3-8H,1-2H3,(H3,19,20,21,22);1-2H3. The number of carbonyl (C=O) groups is 1. The van der Waals surface area contributed by atoms with E-state index in [-0.39, 0.29) is 5.84 Å². The molecule has 0 aliphatic carbocycles. The molecular weight excluding hydrogens is 361 g/mol. The zero-order chi connectivity index (χ0) is 19.0. The summed E-state index contributed by atoms with van der Waals surface area (Å²) in [4.78, 5) is 15.8. The Labute approximate surface area is 157 Å². The number of anilines is 1. The van der Waals surface area contributed by atoms with Crippen molar-refractivity contribution in [2.75, 3.05) is 12.4 Å². The summed E-state index contributed by atoms with van der Waals surface area (Å²) in [5.41, 5.74) is 7.69. The van der Waals surface area contributed by atoms with Crippen molar-refractivity contribution in [1.29, 1.82) is 0 Å². The van der Waals surface area contributed by atoms with Gasteiger partial charge in [-0.25, -0.2) is 4.79 Å². The van der Waals surface area contributed by atoms with Crippen molar-refractivity contribution < 1.29 is 9.53 Å². The zero-order valence-corrected chi connectivity index (χ0v) is 16.1. The fraction of sp³-hybridized carbons (Fsp3) is 0.222. The van der Waals surface area contributed by atoms with Gasteiger partial charge in [0.15, 0.2) is 0 Å². The summed E-state index contributed by atoms with van der Waals surface area (Å²) >= 11 is 12.0. The average molecular weight is 382 g/mol. The third kappa shape index (κ3) is 5.66. The molecule has 0 unspecified atom stereocenters. The molecular formula is C18H21Cl2N3O2. The number of amides is 2. The van der Waals surface area contributed by atoms with E-state index in [0.717, 1.165) is 5.56 Å². The van der Waals surface area contributed by atoms with Crippen LogP contribution in [0.25, 0.3) is 0 Å². The molecule has 0 saturated carbocycles. The summed E-state index contributed by atoms with van der Waals surface area (Å²) in [5, 5.41) is 3.15. The molecule has 0 fully saturated rings. The number of hydrogen-bond donors (Lipinski definition) is 2. The van der Waals surface area contributed by atoms with Crippen molar-refractivity contribution in [3.8, 4) is 5.75 Å². The summed E-state index contributed by atoms with van der Waals surface area (Å²) in [6.07, 6.45) is 0. The lowest BCUT2D eigenvalue weighted by molar-refractivity contribution is 0.259. The van der Waals surface area contributed by atoms with E-state index >= 15 is 0 Å². The van der Waals surface area contributed by atoms with Gasteiger partial charge in [0.2, 0.25) is 0 Å². The molecule has 25 heavy (non-hydrogen) atoms. The topological polar surface area (TPSA) is 76.7 Å². The van der Waals surface area contributed by atoms with Gasteiger partial charge in [-0.3, -0.25) is 0 Å². The number of urea groups is 1. The predicted octanol–water partition coefficient (Wildman–Crippen LogP) is 5.27. The van der Waals surface area contributed by atoms with E-state index in [2.05, 4.69) is 10.3 Å². The third-order valence-corrected chi connectivity index (χ3v) is 3.75. The van der Waals surface area contributed by atoms with Crippen LogP contribution in [0, 0.1) is 6.92 Å². The molecule has 0 aliphatic rings. The number of para-hydroxylation sites is 1. The van der Waals surface area contributed by atoms with E-state index in [0.29, 0.717) is 27.0 Å². The molecule has 0 aliphatic heterocycles. The fourth-order valence-corrected chi connectivity index (χ4v) is 2.40. The maximum Gasteiger partial charge on any atom is 0.347 e. The van der Waals surface area contributed by atoms with Gasteiger partial charge < -0.3 is 15.8 Å². The highest BCUT2D eigenvalue weighted by atomic mass is 35.5. The molecule has 7 heteroatoms. The zero-order valence-electron chi connectivity index (χ0n) is 14.6. The molecule has 0 heterocycles. The van der Waals surface area contributed by atoms with Crippen molar-refractivity contribution >= 4 is 40.8 Å². The van der Waals surface area contributed by atoms with E-state index in [1.807, 2.05) is 26.8 Å². The average Bonchev–Trinajstić information content (AvgIpc) is 2.60. The van der Waals surface area contributed by atoms with Crippen LogP contribution in [0.3, 0.4) is 0 Å². The monoisotopic (exact) mass is 381 g/mol. The van der Waals surface area contributed by atoms with Crippen molar-refractivity contribution in [2.24, 2.45) is 10.7 Å². The molecule has 2 aromatic carbocycles. The number of nitrogens with one attached hydrogen (secondary N) is 1. The lowest BCUT2D eigenvalue weighted by Gasteiger charge is -2.09. The Kier molecular flexibility index (Phi) is 8.25. The number of aliphatic imine (C=N–C) groups is 1. The Morgan fingerprint density at radius 1 is 1.16 bits per heavy atom. The molecule has 2 amide bonds. The second-order valence-electron chi connectivity index (χ2n) is 4.71. The molecule has 5 nitrogen and oxygen atoms in total. The largest absolute Gasteiger partial charge is 0.496 e. The van der Waals surface area contributed by atoms with Crippen LogP contribution in [0.4, 0.5) is 10.5 Å². The SMILES string of the molecule is CC.COc1cc(/C(N)=N/C(=O)Nc2c(Cl)cccc2Cl)ccc1C. The lowest BCUT2D eigenvalue weighted by Crippen LogP contribution is -2.18. The summed E-state index contributed by atoms with van der Waals surface area (Å²) in [7, 11) is 1.56. The van der Waals surface area contributed by atoms with Crippen LogP contribution in [0.2, 0.25) is 10.0 Å². The van der Waals surface area contributed by atoms with Crippen LogP contribution in [-0.4, -0.2) is 19.0 Å². The summed E-state index contributed by atoms with van der Waals surface area (Å²) in [5.74, 6) is 0.721. The van der Waals surface area contributed by atoms with E-state index in [9.17, 15) is 4.79 Å². The first kappa shape index (κ1) is 20.8. The Hall–Kier alpha value is -2.24. The molecule has 0 radical (unpaired) electrons. The second kappa shape index (κ2) is 9.91. The predicted molar refractivity (Wildman–Crippen MR) is 105 cm³/mol. The van der Waals surface area contributed by atoms with Gasteiger partial charge in [-0.05, 0) is 30.7 Å². The summed E-state index contributed by atoms with van der Waals surface area (Å²) < 4.78 is 5.22. The minimum absolute atomic E-state index is 0.0592. The third-order valence-electron chi connectivity index (χ3n) is 3.12. The summed E-state index contributed by atoms with van der Waals surface area (Å²) in [6, 6.07) is 9.53. The highest BCUT2D eigenvalue weighted by Gasteiger charge is 2.10. The highest BCUT2D eigenvalue weighted by Crippen LogP contribution is 2.29. The van der Waals surface area contributed by atoms with Gasteiger partial charge in [0, 0.05) is 5.56 Å². The molecule has 2 rings (SSSR count). The van der Waals surface area contributed by atoms with Crippen LogP contribution >= 0.6 is 23.2 Å². The molecule has 0 bridgehead atoms. The quantitative estimate of drug-likeness (QED) is 0.561. The number of aryl methyl sites for hydroxylation is 1. The van der Waals surface area contributed by atoms with Crippen molar-refractivity contribution in [3.63, 3.8) is 0 Å². The minimum atomic E-state index is -0.669. The smallest absolute Gasteiger partial charge is 0.347 e. The highest BCUT2D eigenvalue weighted by molar-refractivity contribution is 6.39. The Morgan fingerprint density at radius 3 is 2.32 bits per heavy atom. The molecule has 2 aromatic rings. The molecule has 0 aromatic heterocycles. The van der Waals surface area contributed by atoms with Crippen LogP contribution in [-0.2, 0) is 0 Å². The Bertz CT molecular complexity index is 757. The van der Waals surface area contributed by atoms with Gasteiger partial charge in [0.05, 0.1) is 22.8 Å². The van der Waals surface area contributed by atoms with E-state index in [1.54, 1.807) is 37.4 Å². The molecule has 134 valence electrons. The van der Waals surface area contributed by atoms with Crippen molar-refractivity contribution in [2.45, 2.75) is 20.8 Å². The number of hydrogen-bond acceptors (Lipinski definition) is 2. The van der Waals surface area contributed by atoms with Crippen LogP contribution in [0.1, 0.15) is 25.0 Å². The van der Waals surface area contributed by atoms with Crippen molar-refractivity contribution in [3.05, 3.63) is 57.6 Å². The number of amidine groups is 1. The Balaban J connectivity index is 0.00000151. The number of nitrogens with zero attached hydrogens (tertiary/aromatic N) is 1. The van der Waals surface area contributed by atoms with Gasteiger partial charge in [0.25, 0.3) is 0 Å². The van der Waals surface area contributed by atoms with Gasteiger partial charge in [0.1, 0.15) is 11.6 Å². The minimum Gasteiger partial charge on any atom is -0.496 e. The number of benzene rings is 2. The molecule has 3 N–H and O–H groups in total. The Morgan fingerprint density at radius 2 is 1.76 bits per heavy atom. The number of methoxy groups -OCH3 is 1. The van der Waals surface area contributed by atoms with Gasteiger partial charge >= 0.3 is 6.03 Å².